The molecule has 0 amide bonds. The molecule has 2 aliphatic heterocycles. The summed E-state index contributed by atoms with van der Waals surface area (Å²) in [6, 6.07) is 6.09. The quantitative estimate of drug-likeness (QED) is 0.906. The highest BCUT2D eigenvalue weighted by molar-refractivity contribution is 7.13. The number of aryl methyl sites for hydroxylation is 1. The van der Waals surface area contributed by atoms with Crippen LogP contribution in [0.3, 0.4) is 0 Å². The van der Waals surface area contributed by atoms with Crippen LogP contribution in [-0.2, 0) is 4.74 Å². The first kappa shape index (κ1) is 16.0. The van der Waals surface area contributed by atoms with E-state index in [2.05, 4.69) is 14.8 Å². The smallest absolute Gasteiger partial charge is 0.171 e. The number of aliphatic hydroxyl groups excluding tert-OH is 1. The van der Waals surface area contributed by atoms with E-state index >= 15 is 0 Å². The Morgan fingerprint density at radius 3 is 3.04 bits per heavy atom. The summed E-state index contributed by atoms with van der Waals surface area (Å²) in [4.78, 5) is 15.1. The predicted octanol–water partition coefficient (Wildman–Crippen LogP) is 1.40. The maximum Gasteiger partial charge on any atom is 0.171 e. The maximum absolute atomic E-state index is 10.0. The van der Waals surface area contributed by atoms with E-state index in [1.54, 1.807) is 11.3 Å². The van der Waals surface area contributed by atoms with Gasteiger partial charge in [-0.1, -0.05) is 6.07 Å². The molecule has 0 radical (unpaired) electrons. The highest BCUT2D eigenvalue weighted by atomic mass is 32.1. The van der Waals surface area contributed by atoms with Gasteiger partial charge in [-0.05, 0) is 18.4 Å². The second-order valence-corrected chi connectivity index (χ2v) is 7.46. The van der Waals surface area contributed by atoms with Crippen molar-refractivity contribution in [1.29, 1.82) is 0 Å². The summed E-state index contributed by atoms with van der Waals surface area (Å²) in [5.41, 5.74) is 0.641. The molecule has 2 aliphatic rings. The summed E-state index contributed by atoms with van der Waals surface area (Å²) >= 11 is 1.65. The number of aromatic nitrogens is 2. The van der Waals surface area contributed by atoms with Crippen LogP contribution in [0.15, 0.2) is 23.6 Å². The van der Waals surface area contributed by atoms with Crippen LogP contribution in [0, 0.1) is 6.92 Å². The van der Waals surface area contributed by atoms with Crippen LogP contribution in [0.2, 0.25) is 0 Å². The summed E-state index contributed by atoms with van der Waals surface area (Å²) in [5.74, 6) is 1.71. The van der Waals surface area contributed by atoms with Gasteiger partial charge in [-0.3, -0.25) is 4.90 Å². The molecule has 0 saturated carbocycles. The van der Waals surface area contributed by atoms with Crippen molar-refractivity contribution in [3.05, 3.63) is 29.3 Å². The lowest BCUT2D eigenvalue weighted by Gasteiger charge is -2.52. The molecule has 4 heterocycles. The third kappa shape index (κ3) is 2.82. The molecule has 2 saturated heterocycles. The molecule has 4 rings (SSSR count). The maximum atomic E-state index is 10.0. The largest absolute Gasteiger partial charge is 0.394 e. The van der Waals surface area contributed by atoms with Gasteiger partial charge in [-0.2, -0.15) is 0 Å². The second-order valence-electron chi connectivity index (χ2n) is 6.51. The van der Waals surface area contributed by atoms with E-state index in [1.807, 2.05) is 30.5 Å². The highest BCUT2D eigenvalue weighted by Gasteiger charge is 2.44. The Balaban J connectivity index is 1.64. The average Bonchev–Trinajstić information content (AvgIpc) is 3.15. The monoisotopic (exact) mass is 346 g/mol. The molecule has 6 nitrogen and oxygen atoms in total. The Morgan fingerprint density at radius 2 is 2.25 bits per heavy atom. The summed E-state index contributed by atoms with van der Waals surface area (Å²) in [7, 11) is 0. The summed E-state index contributed by atoms with van der Waals surface area (Å²) in [6.45, 7) is 6.86. The summed E-state index contributed by atoms with van der Waals surface area (Å²) < 4.78 is 5.66. The normalized spacial score (nSPS) is 24.8. The zero-order chi connectivity index (χ0) is 16.6. The van der Waals surface area contributed by atoms with Gasteiger partial charge in [0.15, 0.2) is 5.82 Å². The lowest BCUT2D eigenvalue weighted by atomic mass is 9.94. The Bertz CT molecular complexity index is 709. The Labute approximate surface area is 145 Å². The van der Waals surface area contributed by atoms with Gasteiger partial charge < -0.3 is 14.7 Å². The molecular formula is C17H22N4O2S. The van der Waals surface area contributed by atoms with Crippen molar-refractivity contribution in [1.82, 2.24) is 14.9 Å². The summed E-state index contributed by atoms with van der Waals surface area (Å²) in [5, 5.41) is 12.1. The van der Waals surface area contributed by atoms with E-state index in [4.69, 9.17) is 9.72 Å². The van der Waals surface area contributed by atoms with Crippen molar-refractivity contribution < 1.29 is 9.84 Å². The molecule has 128 valence electrons. The van der Waals surface area contributed by atoms with Gasteiger partial charge in [0.1, 0.15) is 5.82 Å². The molecule has 1 atom stereocenters. The zero-order valence-corrected chi connectivity index (χ0v) is 14.6. The van der Waals surface area contributed by atoms with E-state index in [0.29, 0.717) is 6.61 Å². The molecule has 0 spiro atoms. The van der Waals surface area contributed by atoms with Crippen molar-refractivity contribution in [2.24, 2.45) is 0 Å². The number of aliphatic hydroxyl groups is 1. The molecular weight excluding hydrogens is 324 g/mol. The van der Waals surface area contributed by atoms with Gasteiger partial charge in [0.05, 0.1) is 30.2 Å². The van der Waals surface area contributed by atoms with Crippen LogP contribution in [0.25, 0.3) is 10.7 Å². The minimum absolute atomic E-state index is 0.103. The second kappa shape index (κ2) is 6.40. The molecule has 2 aromatic rings. The number of hydrogen-bond acceptors (Lipinski definition) is 7. The fourth-order valence-electron chi connectivity index (χ4n) is 3.56. The van der Waals surface area contributed by atoms with E-state index < -0.39 is 0 Å². The van der Waals surface area contributed by atoms with Crippen molar-refractivity contribution >= 4 is 17.2 Å². The highest BCUT2D eigenvalue weighted by Crippen LogP contribution is 2.29. The minimum Gasteiger partial charge on any atom is -0.394 e. The van der Waals surface area contributed by atoms with Gasteiger partial charge in [0.25, 0.3) is 0 Å². The first-order valence-corrected chi connectivity index (χ1v) is 9.16. The molecule has 0 aromatic carbocycles. The molecule has 1 unspecified atom stereocenters. The van der Waals surface area contributed by atoms with E-state index in [1.165, 1.54) is 0 Å². The molecule has 2 fully saturated rings. The van der Waals surface area contributed by atoms with Crippen molar-refractivity contribution in [2.45, 2.75) is 12.5 Å². The number of hydrogen-bond donors (Lipinski definition) is 1. The SMILES string of the molecule is Cc1cc(N2CCN3CCOCC3(CO)C2)nc(-c2cccs2)n1. The summed E-state index contributed by atoms with van der Waals surface area (Å²) in [6.07, 6.45) is 0. The third-order valence-corrected chi connectivity index (χ3v) is 5.74. The van der Waals surface area contributed by atoms with Crippen LogP contribution in [0.1, 0.15) is 5.69 Å². The zero-order valence-electron chi connectivity index (χ0n) is 13.8. The average molecular weight is 346 g/mol. The number of piperazine rings is 1. The molecule has 1 N–H and O–H groups in total. The fraction of sp³-hybridized carbons (Fsp3) is 0.529. The van der Waals surface area contributed by atoms with Crippen molar-refractivity contribution in [2.75, 3.05) is 50.9 Å². The Hall–Kier alpha value is -1.54. The number of ether oxygens (including phenoxy) is 1. The fourth-order valence-corrected chi connectivity index (χ4v) is 4.21. The lowest BCUT2D eigenvalue weighted by molar-refractivity contribution is -0.0951. The molecule has 0 bridgehead atoms. The molecule has 0 aliphatic carbocycles. The van der Waals surface area contributed by atoms with Gasteiger partial charge in [0, 0.05) is 37.9 Å². The molecule has 24 heavy (non-hydrogen) atoms. The van der Waals surface area contributed by atoms with Crippen molar-refractivity contribution in [3.63, 3.8) is 0 Å². The molecule has 7 heteroatoms. The van der Waals surface area contributed by atoms with E-state index in [0.717, 1.165) is 55.0 Å². The Kier molecular flexibility index (Phi) is 4.26. The number of thiophene rings is 1. The topological polar surface area (TPSA) is 61.7 Å². The minimum atomic E-state index is -0.321. The van der Waals surface area contributed by atoms with Gasteiger partial charge >= 0.3 is 0 Å². The molecule has 2 aromatic heterocycles. The van der Waals surface area contributed by atoms with Gasteiger partial charge in [-0.25, -0.2) is 9.97 Å². The third-order valence-electron chi connectivity index (χ3n) is 4.87. The lowest BCUT2D eigenvalue weighted by Crippen LogP contribution is -2.69. The van der Waals surface area contributed by atoms with Crippen LogP contribution in [-0.4, -0.2) is 71.5 Å². The number of nitrogens with zero attached hydrogens (tertiary/aromatic N) is 4. The van der Waals surface area contributed by atoms with Gasteiger partial charge in [-0.15, -0.1) is 11.3 Å². The van der Waals surface area contributed by atoms with Crippen LogP contribution < -0.4 is 4.90 Å². The number of morpholine rings is 1. The van der Waals surface area contributed by atoms with Crippen LogP contribution >= 0.6 is 11.3 Å². The van der Waals surface area contributed by atoms with E-state index in [9.17, 15) is 5.11 Å². The van der Waals surface area contributed by atoms with Gasteiger partial charge in [0.2, 0.25) is 0 Å². The first-order chi connectivity index (χ1) is 11.7. The standard InChI is InChI=1S/C17H22N4O2S/c1-13-9-15(19-16(18-13)14-3-2-8-24-14)20-4-5-21-6-7-23-12-17(21,10-20)11-22/h2-3,8-9,22H,4-7,10-12H2,1H3. The predicted molar refractivity (Wildman–Crippen MR) is 94.5 cm³/mol. The van der Waals surface area contributed by atoms with Crippen molar-refractivity contribution in [3.8, 4) is 10.7 Å². The van der Waals surface area contributed by atoms with Crippen LogP contribution in [0.4, 0.5) is 5.82 Å². The number of anilines is 1. The van der Waals surface area contributed by atoms with Crippen LogP contribution in [0.5, 0.6) is 0 Å². The Morgan fingerprint density at radius 1 is 1.33 bits per heavy atom. The number of rotatable bonds is 3. The number of fused-ring (bicyclic) bond motifs is 1. The first-order valence-electron chi connectivity index (χ1n) is 8.28. The van der Waals surface area contributed by atoms with E-state index in [-0.39, 0.29) is 12.1 Å².